The number of hydrogen-bond donors (Lipinski definition) is 0. The molecule has 2 fully saturated rings. The van der Waals surface area contributed by atoms with Crippen LogP contribution in [0.5, 0.6) is 0 Å². The fourth-order valence-electron chi connectivity index (χ4n) is 3.48. The summed E-state index contributed by atoms with van der Waals surface area (Å²) in [5, 5.41) is 0. The molecule has 0 radical (unpaired) electrons. The van der Waals surface area contributed by atoms with Gasteiger partial charge in [-0.1, -0.05) is 13.8 Å². The SMILES string of the molecule is COCC(=O)N1CC2CC(C)CC2(C)C1. The molecule has 3 unspecified atom stereocenters. The number of fused-ring (bicyclic) bond motifs is 1. The zero-order valence-corrected chi connectivity index (χ0v) is 9.95. The summed E-state index contributed by atoms with van der Waals surface area (Å²) >= 11 is 0. The number of carbonyl (C=O) groups excluding carboxylic acids is 1. The van der Waals surface area contributed by atoms with E-state index in [0.29, 0.717) is 11.3 Å². The van der Waals surface area contributed by atoms with E-state index in [1.54, 1.807) is 7.11 Å². The van der Waals surface area contributed by atoms with Crippen molar-refractivity contribution >= 4 is 5.91 Å². The summed E-state index contributed by atoms with van der Waals surface area (Å²) in [6, 6.07) is 0. The van der Waals surface area contributed by atoms with Gasteiger partial charge in [-0.15, -0.1) is 0 Å². The fourth-order valence-corrected chi connectivity index (χ4v) is 3.48. The van der Waals surface area contributed by atoms with Gasteiger partial charge in [-0.2, -0.15) is 0 Å². The van der Waals surface area contributed by atoms with Gasteiger partial charge in [0.25, 0.3) is 0 Å². The van der Waals surface area contributed by atoms with Gasteiger partial charge in [-0.3, -0.25) is 4.79 Å². The summed E-state index contributed by atoms with van der Waals surface area (Å²) in [5.74, 6) is 1.70. The van der Waals surface area contributed by atoms with Gasteiger partial charge in [0.15, 0.2) is 0 Å². The number of nitrogens with zero attached hydrogens (tertiary/aromatic N) is 1. The van der Waals surface area contributed by atoms with Crippen LogP contribution in [-0.4, -0.2) is 37.6 Å². The van der Waals surface area contributed by atoms with E-state index in [2.05, 4.69) is 13.8 Å². The molecule has 0 aromatic heterocycles. The molecule has 3 atom stereocenters. The maximum atomic E-state index is 11.7. The van der Waals surface area contributed by atoms with Crippen LogP contribution in [0.4, 0.5) is 0 Å². The minimum Gasteiger partial charge on any atom is -0.375 e. The number of carbonyl (C=O) groups is 1. The third-order valence-corrected chi connectivity index (χ3v) is 4.10. The van der Waals surface area contributed by atoms with Gasteiger partial charge >= 0.3 is 0 Å². The molecule has 0 bridgehead atoms. The molecule has 86 valence electrons. The minimum absolute atomic E-state index is 0.153. The summed E-state index contributed by atoms with van der Waals surface area (Å²) in [5.41, 5.74) is 0.378. The molecule has 1 saturated carbocycles. The van der Waals surface area contributed by atoms with E-state index in [4.69, 9.17) is 4.74 Å². The second kappa shape index (κ2) is 3.78. The van der Waals surface area contributed by atoms with Crippen LogP contribution >= 0.6 is 0 Å². The van der Waals surface area contributed by atoms with E-state index in [0.717, 1.165) is 19.0 Å². The highest BCUT2D eigenvalue weighted by atomic mass is 16.5. The standard InChI is InChI=1S/C12H21NO2/c1-9-4-10-6-13(11(14)7-15-3)8-12(10,2)5-9/h9-10H,4-8H2,1-3H3. The first-order valence-corrected chi connectivity index (χ1v) is 5.82. The van der Waals surface area contributed by atoms with Gasteiger partial charge in [-0.25, -0.2) is 0 Å². The van der Waals surface area contributed by atoms with E-state index in [1.165, 1.54) is 12.8 Å². The van der Waals surface area contributed by atoms with E-state index in [-0.39, 0.29) is 12.5 Å². The predicted molar refractivity (Wildman–Crippen MR) is 58.5 cm³/mol. The Balaban J connectivity index is 1.99. The monoisotopic (exact) mass is 211 g/mol. The van der Waals surface area contributed by atoms with Gasteiger partial charge in [0, 0.05) is 20.2 Å². The van der Waals surface area contributed by atoms with Gasteiger partial charge in [-0.05, 0) is 30.1 Å². The van der Waals surface area contributed by atoms with Crippen molar-refractivity contribution in [3.63, 3.8) is 0 Å². The van der Waals surface area contributed by atoms with Crippen LogP contribution in [0, 0.1) is 17.3 Å². The molecular weight excluding hydrogens is 190 g/mol. The third-order valence-electron chi connectivity index (χ3n) is 4.10. The zero-order valence-electron chi connectivity index (χ0n) is 9.95. The molecule has 0 aromatic rings. The quantitative estimate of drug-likeness (QED) is 0.693. The van der Waals surface area contributed by atoms with Crippen LogP contribution in [-0.2, 0) is 9.53 Å². The molecule has 1 heterocycles. The molecule has 3 nitrogen and oxygen atoms in total. The average Bonchev–Trinajstić information content (AvgIpc) is 2.55. The van der Waals surface area contributed by atoms with Crippen molar-refractivity contribution in [3.8, 4) is 0 Å². The number of hydrogen-bond acceptors (Lipinski definition) is 2. The maximum absolute atomic E-state index is 11.7. The van der Waals surface area contributed by atoms with Crippen LogP contribution in [0.25, 0.3) is 0 Å². The Kier molecular flexibility index (Phi) is 2.75. The van der Waals surface area contributed by atoms with Gasteiger partial charge < -0.3 is 9.64 Å². The summed E-state index contributed by atoms with van der Waals surface area (Å²) in [6.45, 7) is 6.78. The van der Waals surface area contributed by atoms with Crippen molar-refractivity contribution in [3.05, 3.63) is 0 Å². The van der Waals surface area contributed by atoms with Crippen LogP contribution in [0.2, 0.25) is 0 Å². The second-order valence-corrected chi connectivity index (χ2v) is 5.60. The normalized spacial score (nSPS) is 39.5. The minimum atomic E-state index is 0.153. The van der Waals surface area contributed by atoms with Crippen molar-refractivity contribution < 1.29 is 9.53 Å². The first-order valence-electron chi connectivity index (χ1n) is 5.82. The van der Waals surface area contributed by atoms with Gasteiger partial charge in [0.1, 0.15) is 6.61 Å². The van der Waals surface area contributed by atoms with Gasteiger partial charge in [0.2, 0.25) is 5.91 Å². The number of amides is 1. The van der Waals surface area contributed by atoms with E-state index in [9.17, 15) is 4.79 Å². The molecule has 1 aliphatic heterocycles. The van der Waals surface area contributed by atoms with Crippen molar-refractivity contribution in [1.29, 1.82) is 0 Å². The smallest absolute Gasteiger partial charge is 0.248 e. The summed E-state index contributed by atoms with van der Waals surface area (Å²) < 4.78 is 4.90. The second-order valence-electron chi connectivity index (χ2n) is 5.60. The molecule has 0 aromatic carbocycles. The molecule has 0 spiro atoms. The first kappa shape index (κ1) is 10.9. The lowest BCUT2D eigenvalue weighted by Gasteiger charge is -2.23. The predicted octanol–water partition coefficient (Wildman–Crippen LogP) is 1.53. The number of methoxy groups -OCH3 is 1. The fraction of sp³-hybridized carbons (Fsp3) is 0.917. The van der Waals surface area contributed by atoms with E-state index < -0.39 is 0 Å². The molecular formula is C12H21NO2. The Morgan fingerprint density at radius 1 is 1.60 bits per heavy atom. The van der Waals surface area contributed by atoms with Crippen LogP contribution in [0.15, 0.2) is 0 Å². The highest BCUT2D eigenvalue weighted by molar-refractivity contribution is 5.77. The average molecular weight is 211 g/mol. The number of rotatable bonds is 2. The number of ether oxygens (including phenoxy) is 1. The van der Waals surface area contributed by atoms with Crippen LogP contribution < -0.4 is 0 Å². The molecule has 15 heavy (non-hydrogen) atoms. The van der Waals surface area contributed by atoms with E-state index in [1.807, 2.05) is 4.90 Å². The topological polar surface area (TPSA) is 29.5 Å². The molecule has 2 aliphatic rings. The van der Waals surface area contributed by atoms with Crippen molar-refractivity contribution in [2.45, 2.75) is 26.7 Å². The molecule has 0 N–H and O–H groups in total. The lowest BCUT2D eigenvalue weighted by atomic mass is 9.83. The third kappa shape index (κ3) is 1.89. The largest absolute Gasteiger partial charge is 0.375 e. The highest BCUT2D eigenvalue weighted by Crippen LogP contribution is 2.50. The van der Waals surface area contributed by atoms with E-state index >= 15 is 0 Å². The summed E-state index contributed by atoms with van der Waals surface area (Å²) in [7, 11) is 1.58. The summed E-state index contributed by atoms with van der Waals surface area (Å²) in [4.78, 5) is 13.7. The van der Waals surface area contributed by atoms with Crippen molar-refractivity contribution in [2.75, 3.05) is 26.8 Å². The first-order chi connectivity index (χ1) is 7.05. The maximum Gasteiger partial charge on any atom is 0.248 e. The molecule has 1 aliphatic carbocycles. The van der Waals surface area contributed by atoms with Crippen LogP contribution in [0.1, 0.15) is 26.7 Å². The van der Waals surface area contributed by atoms with Crippen molar-refractivity contribution in [2.24, 2.45) is 17.3 Å². The summed E-state index contributed by atoms with van der Waals surface area (Å²) in [6.07, 6.45) is 2.56. The Bertz CT molecular complexity index is 266. The molecule has 1 amide bonds. The van der Waals surface area contributed by atoms with Crippen LogP contribution in [0.3, 0.4) is 0 Å². The molecule has 3 heteroatoms. The Hall–Kier alpha value is -0.570. The Labute approximate surface area is 91.8 Å². The lowest BCUT2D eigenvalue weighted by Crippen LogP contribution is -2.33. The zero-order chi connectivity index (χ0) is 11.1. The van der Waals surface area contributed by atoms with Crippen molar-refractivity contribution in [1.82, 2.24) is 4.90 Å². The Morgan fingerprint density at radius 2 is 2.33 bits per heavy atom. The molecule has 1 saturated heterocycles. The molecule has 2 rings (SSSR count). The highest BCUT2D eigenvalue weighted by Gasteiger charge is 2.49. The lowest BCUT2D eigenvalue weighted by molar-refractivity contribution is -0.134. The number of likely N-dealkylation sites (tertiary alicyclic amines) is 1. The Morgan fingerprint density at radius 3 is 2.93 bits per heavy atom. The van der Waals surface area contributed by atoms with Gasteiger partial charge in [0.05, 0.1) is 0 Å².